The fourth-order valence-electron chi connectivity index (χ4n) is 3.58. The number of amides is 1. The third-order valence-corrected chi connectivity index (χ3v) is 5.12. The number of unbranched alkanes of at least 4 members (excludes halogenated alkanes) is 1. The van der Waals surface area contributed by atoms with Crippen LogP contribution in [-0.2, 0) is 4.79 Å². The molecule has 2 saturated heterocycles. The quantitative estimate of drug-likeness (QED) is 0.625. The molecule has 0 aromatic heterocycles. The van der Waals surface area contributed by atoms with Crippen molar-refractivity contribution in [3.63, 3.8) is 0 Å². The van der Waals surface area contributed by atoms with E-state index in [1.54, 1.807) is 0 Å². The second kappa shape index (κ2) is 9.17. The van der Waals surface area contributed by atoms with Gasteiger partial charge in [-0.3, -0.25) is 9.69 Å². The van der Waals surface area contributed by atoms with E-state index in [-0.39, 0.29) is 18.1 Å². The average molecular weight is 346 g/mol. The van der Waals surface area contributed by atoms with Crippen LogP contribution in [0.3, 0.4) is 0 Å². The van der Waals surface area contributed by atoms with Gasteiger partial charge in [0.1, 0.15) is 0 Å². The monoisotopic (exact) mass is 346 g/mol. The number of β-amino-alcohol motifs (C(OH)–C–C–N with tert-alkyl or cyclic N) is 1. The molecule has 3 N–H and O–H groups in total. The van der Waals surface area contributed by atoms with E-state index in [1.807, 2.05) is 0 Å². The van der Waals surface area contributed by atoms with E-state index in [9.17, 15) is 9.90 Å². The van der Waals surface area contributed by atoms with Crippen LogP contribution < -0.4 is 15.5 Å². The molecule has 2 unspecified atom stereocenters. The van der Waals surface area contributed by atoms with E-state index in [0.29, 0.717) is 13.0 Å². The molecule has 0 bridgehead atoms. The van der Waals surface area contributed by atoms with Crippen LogP contribution in [0.1, 0.15) is 19.3 Å². The fraction of sp³-hybridized carbons (Fsp3) is 0.632. The summed E-state index contributed by atoms with van der Waals surface area (Å²) in [5.41, 5.74) is 1.32. The van der Waals surface area contributed by atoms with Crippen LogP contribution in [0.2, 0.25) is 0 Å². The number of nitrogens with one attached hydrogen (secondary N) is 2. The molecule has 2 aliphatic heterocycles. The molecular weight excluding hydrogens is 316 g/mol. The largest absolute Gasteiger partial charge is 0.392 e. The molecule has 0 spiro atoms. The summed E-state index contributed by atoms with van der Waals surface area (Å²) in [6, 6.07) is 10.4. The highest BCUT2D eigenvalue weighted by Crippen LogP contribution is 2.15. The first-order valence-corrected chi connectivity index (χ1v) is 9.44. The Labute approximate surface area is 150 Å². The molecule has 2 heterocycles. The summed E-state index contributed by atoms with van der Waals surface area (Å²) in [7, 11) is 0. The van der Waals surface area contributed by atoms with Gasteiger partial charge < -0.3 is 20.6 Å². The topological polar surface area (TPSA) is 67.8 Å². The lowest BCUT2D eigenvalue weighted by Crippen LogP contribution is -2.46. The van der Waals surface area contributed by atoms with Gasteiger partial charge in [-0.2, -0.15) is 0 Å². The SMILES string of the molecule is O=C(NCCCCN1CCN(c2ccccc2)CC1)C1CC(O)CN1. The summed E-state index contributed by atoms with van der Waals surface area (Å²) in [4.78, 5) is 16.9. The molecule has 2 fully saturated rings. The van der Waals surface area contributed by atoms with Crippen molar-refractivity contribution in [2.24, 2.45) is 0 Å². The zero-order valence-electron chi connectivity index (χ0n) is 14.9. The van der Waals surface area contributed by atoms with Crippen molar-refractivity contribution in [3.05, 3.63) is 30.3 Å². The highest BCUT2D eigenvalue weighted by atomic mass is 16.3. The molecule has 6 nitrogen and oxygen atoms in total. The molecule has 0 aliphatic carbocycles. The Morgan fingerprint density at radius 3 is 2.60 bits per heavy atom. The number of carbonyl (C=O) groups is 1. The van der Waals surface area contributed by atoms with Gasteiger partial charge in [-0.05, 0) is 37.9 Å². The minimum atomic E-state index is -0.384. The van der Waals surface area contributed by atoms with Gasteiger partial charge in [0.15, 0.2) is 0 Å². The molecule has 2 atom stereocenters. The van der Waals surface area contributed by atoms with Gasteiger partial charge in [-0.15, -0.1) is 0 Å². The van der Waals surface area contributed by atoms with E-state index >= 15 is 0 Å². The summed E-state index contributed by atoms with van der Waals surface area (Å²) in [5.74, 6) is 0.0213. The van der Waals surface area contributed by atoms with Crippen LogP contribution in [0.25, 0.3) is 0 Å². The number of hydrogen-bond acceptors (Lipinski definition) is 5. The number of piperazine rings is 1. The second-order valence-corrected chi connectivity index (χ2v) is 7.01. The van der Waals surface area contributed by atoms with E-state index in [2.05, 4.69) is 50.8 Å². The predicted octanol–water partition coefficient (Wildman–Crippen LogP) is 0.428. The number of carbonyl (C=O) groups excluding carboxylic acids is 1. The average Bonchev–Trinajstić information content (AvgIpc) is 3.09. The molecule has 138 valence electrons. The molecule has 1 amide bonds. The van der Waals surface area contributed by atoms with Crippen molar-refractivity contribution in [2.75, 3.05) is 50.7 Å². The Kier molecular flexibility index (Phi) is 6.67. The zero-order chi connectivity index (χ0) is 17.5. The molecule has 0 radical (unpaired) electrons. The molecule has 3 rings (SSSR count). The number of anilines is 1. The lowest BCUT2D eigenvalue weighted by molar-refractivity contribution is -0.122. The zero-order valence-corrected chi connectivity index (χ0v) is 14.9. The highest BCUT2D eigenvalue weighted by molar-refractivity contribution is 5.82. The van der Waals surface area contributed by atoms with E-state index in [4.69, 9.17) is 0 Å². The third kappa shape index (κ3) is 5.42. The van der Waals surface area contributed by atoms with Crippen molar-refractivity contribution in [2.45, 2.75) is 31.4 Å². The van der Waals surface area contributed by atoms with Crippen LogP contribution in [0, 0.1) is 0 Å². The van der Waals surface area contributed by atoms with Crippen LogP contribution in [0.4, 0.5) is 5.69 Å². The van der Waals surface area contributed by atoms with Crippen molar-refractivity contribution in [1.82, 2.24) is 15.5 Å². The maximum absolute atomic E-state index is 11.9. The number of para-hydroxylation sites is 1. The van der Waals surface area contributed by atoms with Gasteiger partial charge in [0, 0.05) is 45.0 Å². The van der Waals surface area contributed by atoms with E-state index in [0.717, 1.165) is 52.1 Å². The minimum Gasteiger partial charge on any atom is -0.392 e. The lowest BCUT2D eigenvalue weighted by atomic mass is 10.2. The van der Waals surface area contributed by atoms with E-state index < -0.39 is 0 Å². The van der Waals surface area contributed by atoms with Crippen LogP contribution in [0.15, 0.2) is 30.3 Å². The smallest absolute Gasteiger partial charge is 0.237 e. The number of benzene rings is 1. The number of aliphatic hydroxyl groups excluding tert-OH is 1. The summed E-state index contributed by atoms with van der Waals surface area (Å²) in [5, 5.41) is 15.5. The molecule has 2 aliphatic rings. The van der Waals surface area contributed by atoms with Crippen LogP contribution in [-0.4, -0.2) is 73.9 Å². The maximum atomic E-state index is 11.9. The summed E-state index contributed by atoms with van der Waals surface area (Å²) < 4.78 is 0. The Morgan fingerprint density at radius 2 is 1.92 bits per heavy atom. The summed E-state index contributed by atoms with van der Waals surface area (Å²) >= 11 is 0. The van der Waals surface area contributed by atoms with Crippen LogP contribution in [0.5, 0.6) is 0 Å². The van der Waals surface area contributed by atoms with Crippen LogP contribution >= 0.6 is 0 Å². The predicted molar refractivity (Wildman–Crippen MR) is 99.8 cm³/mol. The van der Waals surface area contributed by atoms with E-state index in [1.165, 1.54) is 5.69 Å². The minimum absolute atomic E-state index is 0.0213. The highest BCUT2D eigenvalue weighted by Gasteiger charge is 2.27. The summed E-state index contributed by atoms with van der Waals surface area (Å²) in [6.07, 6.45) is 2.24. The normalized spacial score (nSPS) is 24.4. The van der Waals surface area contributed by atoms with Gasteiger partial charge in [-0.1, -0.05) is 18.2 Å². The molecular formula is C19H30N4O2. The van der Waals surface area contributed by atoms with Gasteiger partial charge >= 0.3 is 0 Å². The number of hydrogen-bond donors (Lipinski definition) is 3. The maximum Gasteiger partial charge on any atom is 0.237 e. The molecule has 6 heteroatoms. The second-order valence-electron chi connectivity index (χ2n) is 7.01. The third-order valence-electron chi connectivity index (χ3n) is 5.12. The van der Waals surface area contributed by atoms with Gasteiger partial charge in [-0.25, -0.2) is 0 Å². The summed E-state index contributed by atoms with van der Waals surface area (Å²) in [6.45, 7) is 6.70. The number of nitrogens with zero attached hydrogens (tertiary/aromatic N) is 2. The van der Waals surface area contributed by atoms with Crippen molar-refractivity contribution in [3.8, 4) is 0 Å². The fourth-order valence-corrected chi connectivity index (χ4v) is 3.58. The Bertz CT molecular complexity index is 531. The van der Waals surface area contributed by atoms with Gasteiger partial charge in [0.25, 0.3) is 0 Å². The van der Waals surface area contributed by atoms with Gasteiger partial charge in [0.05, 0.1) is 12.1 Å². The first-order valence-electron chi connectivity index (χ1n) is 9.44. The van der Waals surface area contributed by atoms with Gasteiger partial charge in [0.2, 0.25) is 5.91 Å². The molecule has 25 heavy (non-hydrogen) atoms. The Hall–Kier alpha value is -1.63. The Morgan fingerprint density at radius 1 is 1.16 bits per heavy atom. The van der Waals surface area contributed by atoms with Crippen molar-refractivity contribution in [1.29, 1.82) is 0 Å². The Balaban J connectivity index is 1.25. The first kappa shape index (κ1) is 18.2. The standard InChI is InChI=1S/C19H30N4O2/c24-17-14-18(21-15-17)19(25)20-8-4-5-9-22-10-12-23(13-11-22)16-6-2-1-3-7-16/h1-3,6-7,17-18,21,24H,4-5,8-15H2,(H,20,25). The lowest BCUT2D eigenvalue weighted by Gasteiger charge is -2.36. The molecule has 1 aromatic rings. The molecule has 0 saturated carbocycles. The van der Waals surface area contributed by atoms with Crippen molar-refractivity contribution < 1.29 is 9.90 Å². The number of rotatable bonds is 7. The molecule has 1 aromatic carbocycles. The van der Waals surface area contributed by atoms with Crippen molar-refractivity contribution >= 4 is 11.6 Å². The number of aliphatic hydroxyl groups is 1. The first-order chi connectivity index (χ1) is 12.2.